The maximum Gasteiger partial charge on any atom is 0.259 e. The maximum atomic E-state index is 14.5. The van der Waals surface area contributed by atoms with E-state index in [2.05, 4.69) is 26.2 Å². The Balaban J connectivity index is 1.55. The molecular weight excluding hydrogens is 651 g/mol. The number of likely N-dealkylation sites (N-methyl/N-ethyl adjacent to an activating group) is 1. The summed E-state index contributed by atoms with van der Waals surface area (Å²) < 4.78 is 55.0. The number of amides is 1. The highest BCUT2D eigenvalue weighted by molar-refractivity contribution is 9.10. The van der Waals surface area contributed by atoms with Crippen LogP contribution < -0.4 is 4.90 Å². The van der Waals surface area contributed by atoms with Crippen molar-refractivity contribution < 1.29 is 42.8 Å². The quantitative estimate of drug-likeness (QED) is 0.306. The number of methoxy groups -OCH3 is 1. The first-order chi connectivity index (χ1) is 21.0. The molecule has 0 spiro atoms. The SMILES string of the molecule is CCN1C[C@H](O)[C@@H](N(C(=O)[C@@H]2O[C@H](CO)[C@H](O)[C@H](n3cc(-c4cc(F)c(F)c(F)c4)nn3)[C@H]2OC)c2cc(C)cc(Br)c2)C1. The zero-order valence-electron chi connectivity index (χ0n) is 24.1. The Kier molecular flexibility index (Phi) is 9.75. The number of aryl methyl sites for hydroxylation is 1. The molecule has 3 N–H and O–H groups in total. The van der Waals surface area contributed by atoms with E-state index in [0.29, 0.717) is 29.8 Å². The molecule has 3 aromatic rings. The van der Waals surface area contributed by atoms with Crippen molar-refractivity contribution in [2.45, 2.75) is 56.5 Å². The monoisotopic (exact) mass is 683 g/mol. The fourth-order valence-corrected chi connectivity index (χ4v) is 6.55. The summed E-state index contributed by atoms with van der Waals surface area (Å²) in [6, 6.07) is 5.12. The van der Waals surface area contributed by atoms with Gasteiger partial charge in [0.05, 0.1) is 24.9 Å². The third-order valence-electron chi connectivity index (χ3n) is 8.13. The van der Waals surface area contributed by atoms with E-state index in [1.54, 1.807) is 12.1 Å². The smallest absolute Gasteiger partial charge is 0.259 e. The van der Waals surface area contributed by atoms with Gasteiger partial charge >= 0.3 is 0 Å². The second kappa shape index (κ2) is 13.2. The van der Waals surface area contributed by atoms with Gasteiger partial charge in [0.1, 0.15) is 30.0 Å². The first-order valence-electron chi connectivity index (χ1n) is 14.0. The molecule has 238 valence electrons. The van der Waals surface area contributed by atoms with Crippen molar-refractivity contribution in [3.63, 3.8) is 0 Å². The minimum Gasteiger partial charge on any atom is -0.394 e. The van der Waals surface area contributed by atoms with E-state index in [1.807, 2.05) is 24.8 Å². The predicted molar refractivity (Wildman–Crippen MR) is 155 cm³/mol. The minimum absolute atomic E-state index is 0.0419. The van der Waals surface area contributed by atoms with Gasteiger partial charge in [-0.2, -0.15) is 0 Å². The highest BCUT2D eigenvalue weighted by Crippen LogP contribution is 2.36. The number of aromatic nitrogens is 3. The molecule has 0 aliphatic carbocycles. The molecule has 5 rings (SSSR count). The van der Waals surface area contributed by atoms with E-state index in [0.717, 1.165) is 22.4 Å². The Morgan fingerprint density at radius 2 is 1.86 bits per heavy atom. The molecule has 2 aromatic carbocycles. The van der Waals surface area contributed by atoms with Gasteiger partial charge in [-0.25, -0.2) is 17.9 Å². The standard InChI is InChI=1S/C29H33BrF3N5O6/c1-4-36-11-21(22(40)12-36)38(17-6-14(2)5-16(30)9-17)29(42)28-27(43-3)25(26(41)23(13-39)44-28)37-10-20(34-35-37)15-7-18(31)24(33)19(32)8-15/h5-10,21-23,25-28,39-41H,4,11-13H2,1-3H3/t21-,22-,23+,25-,26-,27+,28+/m0/s1. The van der Waals surface area contributed by atoms with Crippen molar-refractivity contribution in [2.24, 2.45) is 0 Å². The predicted octanol–water partition coefficient (Wildman–Crippen LogP) is 2.21. The molecule has 0 unspecified atom stereocenters. The van der Waals surface area contributed by atoms with Crippen molar-refractivity contribution in [3.05, 3.63) is 64.0 Å². The number of hydrogen-bond donors (Lipinski definition) is 3. The summed E-state index contributed by atoms with van der Waals surface area (Å²) in [5, 5.41) is 40.4. The Bertz CT molecular complexity index is 1470. The number of anilines is 1. The number of hydrogen-bond acceptors (Lipinski definition) is 9. The molecule has 11 nitrogen and oxygen atoms in total. The highest BCUT2D eigenvalue weighted by atomic mass is 79.9. The van der Waals surface area contributed by atoms with Crippen LogP contribution in [0.25, 0.3) is 11.3 Å². The zero-order chi connectivity index (χ0) is 31.9. The van der Waals surface area contributed by atoms with E-state index in [1.165, 1.54) is 18.2 Å². The van der Waals surface area contributed by atoms with Crippen LogP contribution in [-0.4, -0.2) is 111 Å². The third kappa shape index (κ3) is 6.14. The van der Waals surface area contributed by atoms with E-state index in [9.17, 15) is 33.3 Å². The molecule has 1 aromatic heterocycles. The van der Waals surface area contributed by atoms with Crippen LogP contribution in [0.3, 0.4) is 0 Å². The number of aliphatic hydroxyl groups excluding tert-OH is 3. The van der Waals surface area contributed by atoms with Crippen molar-refractivity contribution in [1.82, 2.24) is 19.9 Å². The van der Waals surface area contributed by atoms with Crippen molar-refractivity contribution in [2.75, 3.05) is 38.3 Å². The lowest BCUT2D eigenvalue weighted by molar-refractivity contribution is -0.211. The Morgan fingerprint density at radius 1 is 1.16 bits per heavy atom. The highest BCUT2D eigenvalue weighted by Gasteiger charge is 2.52. The lowest BCUT2D eigenvalue weighted by Crippen LogP contribution is -2.63. The van der Waals surface area contributed by atoms with Crippen LogP contribution in [0.4, 0.5) is 18.9 Å². The largest absolute Gasteiger partial charge is 0.394 e. The van der Waals surface area contributed by atoms with Gasteiger partial charge in [-0.1, -0.05) is 28.1 Å². The Labute approximate surface area is 259 Å². The van der Waals surface area contributed by atoms with Gasteiger partial charge in [0.2, 0.25) is 0 Å². The number of halogens is 4. The van der Waals surface area contributed by atoms with Gasteiger partial charge in [0.15, 0.2) is 23.6 Å². The Morgan fingerprint density at radius 3 is 2.45 bits per heavy atom. The summed E-state index contributed by atoms with van der Waals surface area (Å²) in [5.74, 6) is -5.05. The lowest BCUT2D eigenvalue weighted by atomic mass is 9.91. The molecule has 0 radical (unpaired) electrons. The van der Waals surface area contributed by atoms with Crippen LogP contribution in [0.15, 0.2) is 41.0 Å². The third-order valence-corrected chi connectivity index (χ3v) is 8.59. The van der Waals surface area contributed by atoms with Crippen molar-refractivity contribution in [1.29, 1.82) is 0 Å². The van der Waals surface area contributed by atoms with Crippen LogP contribution in [0.1, 0.15) is 18.5 Å². The van der Waals surface area contributed by atoms with Gasteiger partial charge in [0, 0.05) is 35.9 Å². The van der Waals surface area contributed by atoms with Gasteiger partial charge in [-0.05, 0) is 49.4 Å². The maximum absolute atomic E-state index is 14.5. The fourth-order valence-electron chi connectivity index (χ4n) is 5.95. The average molecular weight is 685 g/mol. The Hall–Kier alpha value is -2.92. The zero-order valence-corrected chi connectivity index (χ0v) is 25.7. The molecule has 3 heterocycles. The summed E-state index contributed by atoms with van der Waals surface area (Å²) in [6.07, 6.45) is -4.94. The number of carbonyl (C=O) groups is 1. The molecule has 2 aliphatic heterocycles. The van der Waals surface area contributed by atoms with Gasteiger partial charge in [0.25, 0.3) is 5.91 Å². The van der Waals surface area contributed by atoms with Crippen LogP contribution in [0, 0.1) is 24.4 Å². The second-order valence-corrected chi connectivity index (χ2v) is 11.9. The molecule has 1 amide bonds. The van der Waals surface area contributed by atoms with Crippen LogP contribution in [0.5, 0.6) is 0 Å². The number of nitrogens with zero attached hydrogens (tertiary/aromatic N) is 5. The summed E-state index contributed by atoms with van der Waals surface area (Å²) in [7, 11) is 1.31. The molecule has 2 aliphatic rings. The van der Waals surface area contributed by atoms with Gasteiger partial charge in [-0.15, -0.1) is 5.10 Å². The van der Waals surface area contributed by atoms with E-state index >= 15 is 0 Å². The van der Waals surface area contributed by atoms with Crippen molar-refractivity contribution >= 4 is 27.5 Å². The number of aliphatic hydroxyl groups is 3. The first kappa shape index (κ1) is 32.5. The number of ether oxygens (including phenoxy) is 2. The number of benzene rings is 2. The first-order valence-corrected chi connectivity index (χ1v) is 14.8. The molecule has 15 heteroatoms. The molecular formula is C29H33BrF3N5O6. The van der Waals surface area contributed by atoms with Gasteiger partial charge < -0.3 is 29.7 Å². The number of likely N-dealkylation sites (tertiary alicyclic amines) is 1. The number of carbonyl (C=O) groups excluding carboxylic acids is 1. The normalized spacial score (nSPS) is 27.5. The molecule has 0 saturated carbocycles. The number of β-amino-alcohol motifs (C(OH)–C–C–N with tert-alkyl or cyclic N) is 1. The van der Waals surface area contributed by atoms with Gasteiger partial charge in [-0.3, -0.25) is 9.69 Å². The summed E-state index contributed by atoms with van der Waals surface area (Å²) in [6.45, 7) is 4.54. The summed E-state index contributed by atoms with van der Waals surface area (Å²) in [4.78, 5) is 18.0. The van der Waals surface area contributed by atoms with Crippen LogP contribution >= 0.6 is 15.9 Å². The van der Waals surface area contributed by atoms with Crippen molar-refractivity contribution in [3.8, 4) is 11.3 Å². The number of rotatable bonds is 8. The molecule has 0 bridgehead atoms. The van der Waals surface area contributed by atoms with Crippen LogP contribution in [-0.2, 0) is 14.3 Å². The molecule has 7 atom stereocenters. The van der Waals surface area contributed by atoms with E-state index in [4.69, 9.17) is 9.47 Å². The second-order valence-electron chi connectivity index (χ2n) is 11.0. The molecule has 2 fully saturated rings. The van der Waals surface area contributed by atoms with E-state index in [-0.39, 0.29) is 11.3 Å². The topological polar surface area (TPSA) is 133 Å². The summed E-state index contributed by atoms with van der Waals surface area (Å²) >= 11 is 3.49. The molecule has 2 saturated heterocycles. The lowest BCUT2D eigenvalue weighted by Gasteiger charge is -2.45. The molecule has 44 heavy (non-hydrogen) atoms. The van der Waals surface area contributed by atoms with E-state index < -0.39 is 72.6 Å². The fraction of sp³-hybridized carbons (Fsp3) is 0.483. The summed E-state index contributed by atoms with van der Waals surface area (Å²) in [5.41, 5.74) is 1.19. The van der Waals surface area contributed by atoms with Crippen LogP contribution in [0.2, 0.25) is 0 Å². The average Bonchev–Trinajstić information content (AvgIpc) is 3.62. The minimum atomic E-state index is -1.63.